The van der Waals surface area contributed by atoms with Crippen molar-refractivity contribution in [1.29, 1.82) is 0 Å². The Hall–Kier alpha value is -4.59. The molecule has 0 radical (unpaired) electrons. The first kappa shape index (κ1) is 25.1. The Morgan fingerprint density at radius 2 is 1.82 bits per heavy atom. The van der Waals surface area contributed by atoms with E-state index in [1.54, 1.807) is 41.6 Å². The zero-order valence-corrected chi connectivity index (χ0v) is 21.2. The van der Waals surface area contributed by atoms with Crippen molar-refractivity contribution >= 4 is 11.9 Å². The molecule has 192 valence electrons. The van der Waals surface area contributed by atoms with Gasteiger partial charge in [0.15, 0.2) is 0 Å². The zero-order valence-electron chi connectivity index (χ0n) is 21.2. The molecule has 3 amide bonds. The molecular weight excluding hydrogens is 481 g/mol. The summed E-state index contributed by atoms with van der Waals surface area (Å²) in [6.45, 7) is 4.02. The summed E-state index contributed by atoms with van der Waals surface area (Å²) in [7, 11) is 0. The van der Waals surface area contributed by atoms with E-state index in [-0.39, 0.29) is 36.5 Å². The van der Waals surface area contributed by atoms with Gasteiger partial charge in [-0.2, -0.15) is 0 Å². The Balaban J connectivity index is 1.66. The van der Waals surface area contributed by atoms with Gasteiger partial charge in [0.1, 0.15) is 11.5 Å². The Bertz CT molecular complexity index is 1510. The van der Waals surface area contributed by atoms with Crippen LogP contribution in [0, 0.1) is 5.82 Å². The average Bonchev–Trinajstić information content (AvgIpc) is 3.28. The standard InChI is InChI=1S/C30H28FN5O2/c1-18(2)34-30(38)36-17-24-23(27(36)14-20-7-3-4-11-25(20)31)15-26(29(32)37)35-28(24)21-9-5-8-19(13-21)22-10-6-12-33-16-22/h3-13,15-16,18,27H,14,17H2,1-2H3,(H2,32,37)(H,34,38). The van der Waals surface area contributed by atoms with Gasteiger partial charge in [0.05, 0.1) is 18.3 Å². The number of halogens is 1. The highest BCUT2D eigenvalue weighted by atomic mass is 19.1. The van der Waals surface area contributed by atoms with Crippen LogP contribution in [-0.4, -0.2) is 32.8 Å². The van der Waals surface area contributed by atoms with Gasteiger partial charge in [-0.05, 0) is 54.8 Å². The lowest BCUT2D eigenvalue weighted by atomic mass is 9.94. The highest BCUT2D eigenvalue weighted by molar-refractivity contribution is 5.92. The van der Waals surface area contributed by atoms with E-state index in [0.29, 0.717) is 11.3 Å². The SMILES string of the molecule is CC(C)NC(=O)N1Cc2c(cc(C(N)=O)nc2-c2cccc(-c3cccnc3)c2)C1Cc1ccccc1F. The highest BCUT2D eigenvalue weighted by Gasteiger charge is 2.37. The van der Waals surface area contributed by atoms with Crippen LogP contribution in [0.3, 0.4) is 0 Å². The maximum absolute atomic E-state index is 14.7. The normalized spacial score (nSPS) is 14.4. The summed E-state index contributed by atoms with van der Waals surface area (Å²) in [6.07, 6.45) is 3.73. The molecule has 0 bridgehead atoms. The van der Waals surface area contributed by atoms with Crippen LogP contribution in [0.1, 0.15) is 47.1 Å². The number of amides is 3. The van der Waals surface area contributed by atoms with Crippen molar-refractivity contribution in [3.63, 3.8) is 0 Å². The third-order valence-electron chi connectivity index (χ3n) is 6.65. The van der Waals surface area contributed by atoms with Crippen LogP contribution in [0.2, 0.25) is 0 Å². The second-order valence-corrected chi connectivity index (χ2v) is 9.65. The van der Waals surface area contributed by atoms with Crippen LogP contribution < -0.4 is 11.1 Å². The fourth-order valence-corrected chi connectivity index (χ4v) is 4.88. The quantitative estimate of drug-likeness (QED) is 0.370. The van der Waals surface area contributed by atoms with Gasteiger partial charge in [-0.25, -0.2) is 14.2 Å². The molecule has 8 heteroatoms. The van der Waals surface area contributed by atoms with Crippen LogP contribution in [0.4, 0.5) is 9.18 Å². The lowest BCUT2D eigenvalue weighted by Gasteiger charge is -2.27. The largest absolute Gasteiger partial charge is 0.364 e. The fourth-order valence-electron chi connectivity index (χ4n) is 4.88. The molecule has 5 rings (SSSR count). The molecule has 3 N–H and O–H groups in total. The van der Waals surface area contributed by atoms with E-state index < -0.39 is 11.9 Å². The van der Waals surface area contributed by atoms with Crippen molar-refractivity contribution in [2.45, 2.75) is 38.9 Å². The molecule has 4 aromatic rings. The van der Waals surface area contributed by atoms with Gasteiger partial charge in [-0.3, -0.25) is 9.78 Å². The predicted octanol–water partition coefficient (Wildman–Crippen LogP) is 5.27. The van der Waals surface area contributed by atoms with E-state index >= 15 is 0 Å². The molecule has 0 saturated heterocycles. The minimum absolute atomic E-state index is 0.0877. The van der Waals surface area contributed by atoms with Crippen LogP contribution in [-0.2, 0) is 13.0 Å². The minimum Gasteiger partial charge on any atom is -0.364 e. The van der Waals surface area contributed by atoms with Crippen LogP contribution in [0.25, 0.3) is 22.4 Å². The van der Waals surface area contributed by atoms with Gasteiger partial charge in [-0.15, -0.1) is 0 Å². The second kappa shape index (κ2) is 10.4. The molecule has 2 aromatic heterocycles. The monoisotopic (exact) mass is 509 g/mol. The number of carbonyl (C=O) groups excluding carboxylic acids is 2. The summed E-state index contributed by atoms with van der Waals surface area (Å²) in [6, 6.07) is 18.9. The van der Waals surface area contributed by atoms with E-state index in [0.717, 1.165) is 27.8 Å². The van der Waals surface area contributed by atoms with Gasteiger partial charge in [0, 0.05) is 41.5 Å². The summed E-state index contributed by atoms with van der Waals surface area (Å²) < 4.78 is 14.7. The average molecular weight is 510 g/mol. The first-order valence-electron chi connectivity index (χ1n) is 12.5. The summed E-state index contributed by atoms with van der Waals surface area (Å²) in [4.78, 5) is 36.2. The number of nitrogens with zero attached hydrogens (tertiary/aromatic N) is 3. The maximum Gasteiger partial charge on any atom is 0.318 e. The molecule has 1 unspecified atom stereocenters. The molecule has 1 aliphatic rings. The summed E-state index contributed by atoms with van der Waals surface area (Å²) >= 11 is 0. The fraction of sp³-hybridized carbons (Fsp3) is 0.200. The van der Waals surface area contributed by atoms with E-state index in [1.165, 1.54) is 6.07 Å². The Kier molecular flexibility index (Phi) is 6.87. The molecular formula is C30H28FN5O2. The van der Waals surface area contributed by atoms with Crippen molar-refractivity contribution in [3.05, 3.63) is 107 Å². The Morgan fingerprint density at radius 1 is 1.05 bits per heavy atom. The molecule has 1 atom stereocenters. The lowest BCUT2D eigenvalue weighted by Crippen LogP contribution is -2.42. The number of nitrogens with one attached hydrogen (secondary N) is 1. The van der Waals surface area contributed by atoms with E-state index in [1.807, 2.05) is 50.2 Å². The zero-order chi connectivity index (χ0) is 26.8. The number of carbonyl (C=O) groups is 2. The van der Waals surface area contributed by atoms with Crippen molar-refractivity contribution in [2.75, 3.05) is 0 Å². The van der Waals surface area contributed by atoms with Crippen molar-refractivity contribution in [2.24, 2.45) is 5.73 Å². The van der Waals surface area contributed by atoms with Crippen LogP contribution in [0.15, 0.2) is 79.1 Å². The van der Waals surface area contributed by atoms with Crippen LogP contribution >= 0.6 is 0 Å². The molecule has 7 nitrogen and oxygen atoms in total. The topological polar surface area (TPSA) is 101 Å². The molecule has 3 heterocycles. The number of benzene rings is 2. The number of hydrogen-bond donors (Lipinski definition) is 2. The number of primary amides is 1. The molecule has 2 aromatic carbocycles. The minimum atomic E-state index is -0.674. The first-order valence-corrected chi connectivity index (χ1v) is 12.5. The Morgan fingerprint density at radius 3 is 2.53 bits per heavy atom. The van der Waals surface area contributed by atoms with E-state index in [9.17, 15) is 14.0 Å². The maximum atomic E-state index is 14.7. The third-order valence-corrected chi connectivity index (χ3v) is 6.65. The number of fused-ring (bicyclic) bond motifs is 1. The van der Waals surface area contributed by atoms with Crippen molar-refractivity contribution in [3.8, 4) is 22.4 Å². The predicted molar refractivity (Wildman–Crippen MR) is 143 cm³/mol. The highest BCUT2D eigenvalue weighted by Crippen LogP contribution is 2.41. The molecule has 0 fully saturated rings. The van der Waals surface area contributed by atoms with E-state index in [2.05, 4.69) is 15.3 Å². The molecule has 38 heavy (non-hydrogen) atoms. The van der Waals surface area contributed by atoms with Crippen molar-refractivity contribution < 1.29 is 14.0 Å². The van der Waals surface area contributed by atoms with Crippen LogP contribution in [0.5, 0.6) is 0 Å². The summed E-state index contributed by atoms with van der Waals surface area (Å²) in [5, 5.41) is 2.95. The second-order valence-electron chi connectivity index (χ2n) is 9.65. The number of urea groups is 1. The van der Waals surface area contributed by atoms with Gasteiger partial charge < -0.3 is 16.0 Å². The number of aromatic nitrogens is 2. The molecule has 0 spiro atoms. The Labute approximate surface area is 220 Å². The number of nitrogens with two attached hydrogens (primary N) is 1. The molecule has 1 aliphatic heterocycles. The summed E-state index contributed by atoms with van der Waals surface area (Å²) in [5.41, 5.74) is 11.0. The molecule has 0 saturated carbocycles. The van der Waals surface area contributed by atoms with Crippen molar-refractivity contribution in [1.82, 2.24) is 20.2 Å². The van der Waals surface area contributed by atoms with Gasteiger partial charge in [0.25, 0.3) is 5.91 Å². The number of rotatable bonds is 6. The lowest BCUT2D eigenvalue weighted by molar-refractivity contribution is 0.0995. The van der Waals surface area contributed by atoms with E-state index in [4.69, 9.17) is 5.73 Å². The number of hydrogen-bond acceptors (Lipinski definition) is 4. The van der Waals surface area contributed by atoms with Gasteiger partial charge in [-0.1, -0.05) is 42.5 Å². The molecule has 0 aliphatic carbocycles. The third kappa shape index (κ3) is 4.98. The van der Waals surface area contributed by atoms with Gasteiger partial charge >= 0.3 is 6.03 Å². The van der Waals surface area contributed by atoms with Gasteiger partial charge in [0.2, 0.25) is 0 Å². The first-order chi connectivity index (χ1) is 18.3. The summed E-state index contributed by atoms with van der Waals surface area (Å²) in [5.74, 6) is -1.02. The smallest absolute Gasteiger partial charge is 0.318 e. The number of pyridine rings is 2.